The Hall–Kier alpha value is -2.65. The van der Waals surface area contributed by atoms with Gasteiger partial charge in [0.2, 0.25) is 0 Å². The fourth-order valence-corrected chi connectivity index (χ4v) is 5.04. The van der Waals surface area contributed by atoms with Crippen molar-refractivity contribution in [2.45, 2.75) is 50.6 Å². The van der Waals surface area contributed by atoms with Crippen molar-refractivity contribution in [3.63, 3.8) is 0 Å². The maximum absolute atomic E-state index is 13.1. The van der Waals surface area contributed by atoms with Crippen LogP contribution in [0.4, 0.5) is 13.2 Å². The van der Waals surface area contributed by atoms with Gasteiger partial charge in [0.15, 0.2) is 0 Å². The van der Waals surface area contributed by atoms with Gasteiger partial charge in [0.1, 0.15) is 0 Å². The third-order valence-electron chi connectivity index (χ3n) is 7.05. The van der Waals surface area contributed by atoms with Crippen molar-refractivity contribution >= 4 is 11.7 Å². The van der Waals surface area contributed by atoms with Gasteiger partial charge in [-0.1, -0.05) is 12.1 Å². The van der Waals surface area contributed by atoms with Gasteiger partial charge in [0, 0.05) is 37.4 Å². The van der Waals surface area contributed by atoms with Crippen LogP contribution in [0.25, 0.3) is 0 Å². The second-order valence-electron chi connectivity index (χ2n) is 9.46. The molecular formula is C24H28F3N3O3. The molecule has 9 heteroatoms. The average molecular weight is 464 g/mol. The zero-order valence-electron chi connectivity index (χ0n) is 18.9. The highest BCUT2D eigenvalue weighted by molar-refractivity contribution is 5.99. The predicted molar refractivity (Wildman–Crippen MR) is 116 cm³/mol. The summed E-state index contributed by atoms with van der Waals surface area (Å²) in [4.78, 5) is 28.8. The summed E-state index contributed by atoms with van der Waals surface area (Å²) in [7, 11) is 1.94. The Morgan fingerprint density at radius 3 is 2.09 bits per heavy atom. The van der Waals surface area contributed by atoms with E-state index in [0.717, 1.165) is 0 Å². The largest absolute Gasteiger partial charge is 0.456 e. The highest BCUT2D eigenvalue weighted by Crippen LogP contribution is 2.42. The predicted octanol–water partition coefficient (Wildman–Crippen LogP) is 3.54. The summed E-state index contributed by atoms with van der Waals surface area (Å²) in [6.45, 7) is 5.09. The average Bonchev–Trinajstić information content (AvgIpc) is 3.19. The normalized spacial score (nSPS) is 18.9. The van der Waals surface area contributed by atoms with Gasteiger partial charge >= 0.3 is 6.18 Å². The SMILES string of the molecule is CN1CCn2c(C(=O)C(F)(F)F)ccc2C12CCN(C(=O)c1ccc(C(C)(C)O)cc1)CC2. The van der Waals surface area contributed by atoms with Crippen LogP contribution in [0.5, 0.6) is 0 Å². The molecule has 0 aliphatic carbocycles. The number of aromatic nitrogens is 1. The highest BCUT2D eigenvalue weighted by atomic mass is 19.4. The van der Waals surface area contributed by atoms with E-state index < -0.39 is 23.1 Å². The van der Waals surface area contributed by atoms with Gasteiger partial charge in [0.05, 0.1) is 16.8 Å². The fraction of sp³-hybridized carbons (Fsp3) is 0.500. The Kier molecular flexibility index (Phi) is 5.69. The second-order valence-corrected chi connectivity index (χ2v) is 9.46. The first kappa shape index (κ1) is 23.5. The van der Waals surface area contributed by atoms with Crippen molar-refractivity contribution < 1.29 is 27.9 Å². The molecule has 0 saturated carbocycles. The number of hydrogen-bond acceptors (Lipinski definition) is 4. The molecule has 2 aliphatic rings. The first-order valence-electron chi connectivity index (χ1n) is 11.0. The number of likely N-dealkylation sites (tertiary alicyclic amines) is 1. The van der Waals surface area contributed by atoms with Crippen LogP contribution in [0.2, 0.25) is 0 Å². The van der Waals surface area contributed by atoms with Crippen LogP contribution in [0.3, 0.4) is 0 Å². The topological polar surface area (TPSA) is 65.8 Å². The summed E-state index contributed by atoms with van der Waals surface area (Å²) in [6.07, 6.45) is -3.80. The summed E-state index contributed by atoms with van der Waals surface area (Å²) < 4.78 is 40.7. The molecule has 0 unspecified atom stereocenters. The van der Waals surface area contributed by atoms with Crippen molar-refractivity contribution in [2.24, 2.45) is 0 Å². The molecule has 33 heavy (non-hydrogen) atoms. The zero-order chi connectivity index (χ0) is 24.2. The van der Waals surface area contributed by atoms with Gasteiger partial charge in [-0.05, 0) is 63.6 Å². The lowest BCUT2D eigenvalue weighted by molar-refractivity contribution is -0.0892. The highest BCUT2D eigenvalue weighted by Gasteiger charge is 2.47. The molecule has 4 rings (SSSR count). The molecule has 3 heterocycles. The van der Waals surface area contributed by atoms with Crippen molar-refractivity contribution in [1.82, 2.24) is 14.4 Å². The number of ketones is 1. The maximum Gasteiger partial charge on any atom is 0.456 e. The summed E-state index contributed by atoms with van der Waals surface area (Å²) in [5.74, 6) is -1.94. The van der Waals surface area contributed by atoms with E-state index in [1.165, 1.54) is 10.6 Å². The maximum atomic E-state index is 13.1. The van der Waals surface area contributed by atoms with Crippen LogP contribution in [-0.4, -0.2) is 64.0 Å². The van der Waals surface area contributed by atoms with E-state index in [4.69, 9.17) is 0 Å². The number of piperidine rings is 1. The van der Waals surface area contributed by atoms with E-state index >= 15 is 0 Å². The van der Waals surface area contributed by atoms with Crippen LogP contribution in [0.15, 0.2) is 36.4 Å². The van der Waals surface area contributed by atoms with Gasteiger partial charge in [-0.15, -0.1) is 0 Å². The molecule has 6 nitrogen and oxygen atoms in total. The Bertz CT molecular complexity index is 1060. The first-order valence-corrected chi connectivity index (χ1v) is 11.0. The van der Waals surface area contributed by atoms with Gasteiger partial charge < -0.3 is 14.6 Å². The summed E-state index contributed by atoms with van der Waals surface area (Å²) >= 11 is 0. The summed E-state index contributed by atoms with van der Waals surface area (Å²) in [6, 6.07) is 9.77. The third kappa shape index (κ3) is 4.08. The monoisotopic (exact) mass is 463 g/mol. The van der Waals surface area contributed by atoms with Crippen LogP contribution in [0.1, 0.15) is 58.8 Å². The van der Waals surface area contributed by atoms with Crippen molar-refractivity contribution in [3.05, 3.63) is 58.9 Å². The van der Waals surface area contributed by atoms with E-state index in [9.17, 15) is 27.9 Å². The molecule has 178 valence electrons. The molecule has 1 aromatic carbocycles. The quantitative estimate of drug-likeness (QED) is 0.708. The lowest BCUT2D eigenvalue weighted by Crippen LogP contribution is -2.56. The number of Topliss-reactive ketones (excluding diaryl/α,β-unsaturated/α-hetero) is 1. The number of aliphatic hydroxyl groups is 1. The summed E-state index contributed by atoms with van der Waals surface area (Å²) in [5, 5.41) is 10.1. The molecular weight excluding hydrogens is 435 g/mol. The molecule has 2 aromatic rings. The number of alkyl halides is 3. The smallest absolute Gasteiger partial charge is 0.386 e. The first-order chi connectivity index (χ1) is 15.3. The molecule has 0 atom stereocenters. The van der Waals surface area contributed by atoms with Gasteiger partial charge in [-0.3, -0.25) is 14.5 Å². The van der Waals surface area contributed by atoms with E-state index in [0.29, 0.717) is 55.8 Å². The fourth-order valence-electron chi connectivity index (χ4n) is 5.04. The van der Waals surface area contributed by atoms with Crippen LogP contribution < -0.4 is 0 Å². The molecule has 2 aliphatic heterocycles. The minimum absolute atomic E-state index is 0.117. The molecule has 1 spiro atoms. The number of carbonyl (C=O) groups is 2. The number of likely N-dealkylation sites (N-methyl/N-ethyl adjacent to an activating group) is 1. The van der Waals surface area contributed by atoms with E-state index in [1.54, 1.807) is 49.1 Å². The molecule has 0 bridgehead atoms. The number of amides is 1. The van der Waals surface area contributed by atoms with Crippen molar-refractivity contribution in [2.75, 3.05) is 26.7 Å². The Morgan fingerprint density at radius 1 is 0.939 bits per heavy atom. The van der Waals surface area contributed by atoms with E-state index in [-0.39, 0.29) is 11.6 Å². The molecule has 1 aromatic heterocycles. The van der Waals surface area contributed by atoms with Crippen molar-refractivity contribution in [1.29, 1.82) is 0 Å². The van der Waals surface area contributed by atoms with Crippen molar-refractivity contribution in [3.8, 4) is 0 Å². The third-order valence-corrected chi connectivity index (χ3v) is 7.05. The van der Waals surface area contributed by atoms with E-state index in [1.807, 2.05) is 7.05 Å². The molecule has 1 fully saturated rings. The Balaban J connectivity index is 1.54. The number of carbonyl (C=O) groups excluding carboxylic acids is 2. The Labute approximate surface area is 190 Å². The van der Waals surface area contributed by atoms with Gasteiger partial charge in [0.25, 0.3) is 11.7 Å². The molecule has 0 radical (unpaired) electrons. The van der Waals surface area contributed by atoms with Gasteiger partial charge in [-0.2, -0.15) is 13.2 Å². The van der Waals surface area contributed by atoms with Gasteiger partial charge in [-0.25, -0.2) is 0 Å². The molecule has 1 saturated heterocycles. The number of fused-ring (bicyclic) bond motifs is 2. The minimum atomic E-state index is -4.91. The number of nitrogens with zero attached hydrogens (tertiary/aromatic N) is 3. The lowest BCUT2D eigenvalue weighted by Gasteiger charge is -2.50. The minimum Gasteiger partial charge on any atom is -0.386 e. The summed E-state index contributed by atoms with van der Waals surface area (Å²) in [5.41, 5.74) is 0.0965. The van der Waals surface area contributed by atoms with Crippen LogP contribution >= 0.6 is 0 Å². The number of rotatable bonds is 3. The number of hydrogen-bond donors (Lipinski definition) is 1. The number of benzene rings is 1. The standard InChI is InChI=1S/C24H28F3N3O3/c1-22(2,33)17-6-4-16(5-7-17)21(32)29-12-10-23(11-13-29)19-9-8-18(20(31)24(25,26)27)30(19)15-14-28(23)3/h4-9,33H,10-15H2,1-3H3. The molecule has 1 amide bonds. The lowest BCUT2D eigenvalue weighted by atomic mass is 9.81. The van der Waals surface area contributed by atoms with Crippen LogP contribution in [-0.2, 0) is 17.7 Å². The van der Waals surface area contributed by atoms with Crippen LogP contribution in [0, 0.1) is 0 Å². The zero-order valence-corrected chi connectivity index (χ0v) is 18.9. The van der Waals surface area contributed by atoms with E-state index in [2.05, 4.69) is 4.90 Å². The second kappa shape index (κ2) is 7.99. The molecule has 1 N–H and O–H groups in total. The number of halogens is 3. The Morgan fingerprint density at radius 2 is 1.55 bits per heavy atom.